The van der Waals surface area contributed by atoms with E-state index < -0.39 is 11.1 Å². The van der Waals surface area contributed by atoms with Crippen molar-refractivity contribution in [3.63, 3.8) is 0 Å². The highest BCUT2D eigenvalue weighted by Gasteiger charge is 2.16. The molecule has 0 bridgehead atoms. The van der Waals surface area contributed by atoms with Gasteiger partial charge in [0.25, 0.3) is 5.89 Å². The van der Waals surface area contributed by atoms with E-state index in [1.165, 1.54) is 10.1 Å². The highest BCUT2D eigenvalue weighted by molar-refractivity contribution is 5.80. The molecule has 0 saturated carbocycles. The van der Waals surface area contributed by atoms with Crippen molar-refractivity contribution in [1.29, 1.82) is 0 Å². The second-order valence-electron chi connectivity index (χ2n) is 8.71. The zero-order valence-corrected chi connectivity index (χ0v) is 17.7. The van der Waals surface area contributed by atoms with Crippen molar-refractivity contribution >= 4 is 11.0 Å². The van der Waals surface area contributed by atoms with E-state index in [-0.39, 0.29) is 11.5 Å². The van der Waals surface area contributed by atoms with E-state index in [0.717, 1.165) is 5.56 Å². The lowest BCUT2D eigenvalue weighted by atomic mass is 9.87. The van der Waals surface area contributed by atoms with Gasteiger partial charge in [-0.3, -0.25) is 14.2 Å². The van der Waals surface area contributed by atoms with Crippen LogP contribution in [0.2, 0.25) is 0 Å². The van der Waals surface area contributed by atoms with Crippen molar-refractivity contribution in [2.75, 3.05) is 0 Å². The van der Waals surface area contributed by atoms with Gasteiger partial charge in [-0.25, -0.2) is 0 Å². The minimum atomic E-state index is -0.652. The molecule has 30 heavy (non-hydrogen) atoms. The maximum Gasteiger partial charge on any atom is 0.316 e. The van der Waals surface area contributed by atoms with Crippen molar-refractivity contribution in [1.82, 2.24) is 19.7 Å². The quantitative estimate of drug-likeness (QED) is 0.514. The molecular weight excluding hydrogens is 380 g/mol. The first-order chi connectivity index (χ1) is 14.1. The molecule has 2 heterocycles. The van der Waals surface area contributed by atoms with E-state index in [1.54, 1.807) is 12.1 Å². The lowest BCUT2D eigenvalue weighted by Crippen LogP contribution is -2.37. The molecule has 0 spiro atoms. The monoisotopic (exact) mass is 404 g/mol. The van der Waals surface area contributed by atoms with Gasteiger partial charge in [0.1, 0.15) is 0 Å². The Morgan fingerprint density at radius 1 is 1.00 bits per heavy atom. The fourth-order valence-electron chi connectivity index (χ4n) is 3.46. The average Bonchev–Trinajstić information content (AvgIpc) is 3.18. The van der Waals surface area contributed by atoms with E-state index in [1.807, 2.05) is 32.0 Å². The molecule has 0 atom stereocenters. The number of nitrogens with zero attached hydrogens (tertiary/aromatic N) is 3. The number of rotatable bonds is 3. The molecule has 154 valence electrons. The molecule has 0 fully saturated rings. The Labute approximate surface area is 173 Å². The first kappa shape index (κ1) is 19.8. The van der Waals surface area contributed by atoms with Crippen LogP contribution >= 0.6 is 0 Å². The maximum atomic E-state index is 12.2. The van der Waals surface area contributed by atoms with Crippen LogP contribution in [0.5, 0.6) is 0 Å². The summed E-state index contributed by atoms with van der Waals surface area (Å²) in [4.78, 5) is 31.4. The molecule has 0 radical (unpaired) electrons. The average molecular weight is 404 g/mol. The van der Waals surface area contributed by atoms with E-state index in [0.29, 0.717) is 28.3 Å². The van der Waals surface area contributed by atoms with Crippen molar-refractivity contribution < 1.29 is 4.52 Å². The largest absolute Gasteiger partial charge is 0.334 e. The molecule has 4 aromatic rings. The van der Waals surface area contributed by atoms with E-state index in [9.17, 15) is 9.59 Å². The predicted molar refractivity (Wildman–Crippen MR) is 117 cm³/mol. The van der Waals surface area contributed by atoms with Crippen LogP contribution in [0.1, 0.15) is 46.2 Å². The van der Waals surface area contributed by atoms with Gasteiger partial charge in [-0.2, -0.15) is 4.98 Å². The summed E-state index contributed by atoms with van der Waals surface area (Å²) >= 11 is 0. The van der Waals surface area contributed by atoms with Gasteiger partial charge in [0.2, 0.25) is 5.82 Å². The summed E-state index contributed by atoms with van der Waals surface area (Å²) in [7, 11) is 0. The summed E-state index contributed by atoms with van der Waals surface area (Å²) in [6, 6.07) is 13.3. The minimum absolute atomic E-state index is 0.0668. The van der Waals surface area contributed by atoms with Crippen LogP contribution in [-0.4, -0.2) is 19.7 Å². The van der Waals surface area contributed by atoms with Gasteiger partial charge in [0.15, 0.2) is 0 Å². The smallest absolute Gasteiger partial charge is 0.316 e. The Kier molecular flexibility index (Phi) is 4.68. The number of hydrogen-bond acceptors (Lipinski definition) is 5. The van der Waals surface area contributed by atoms with Crippen molar-refractivity contribution in [3.8, 4) is 22.8 Å². The van der Waals surface area contributed by atoms with Gasteiger partial charge < -0.3 is 9.51 Å². The van der Waals surface area contributed by atoms with Gasteiger partial charge in [-0.05, 0) is 55.2 Å². The fraction of sp³-hybridized carbons (Fsp3) is 0.304. The highest BCUT2D eigenvalue weighted by atomic mass is 16.5. The standard InChI is InChI=1S/C23H24N4O3/c1-13(2)27-18-11-8-15(12-17(18)24-20(28)22(27)29)19-25-21(30-26-19)14-6-9-16(10-7-14)23(3,4)5/h6-13H,1-5H3,(H,24,28). The van der Waals surface area contributed by atoms with Crippen LogP contribution in [0.15, 0.2) is 56.6 Å². The molecule has 0 unspecified atom stereocenters. The summed E-state index contributed by atoms with van der Waals surface area (Å²) in [5.41, 5.74) is 2.80. The SMILES string of the molecule is CC(C)n1c(=O)c(=O)[nH]c2cc(-c3noc(-c4ccc(C(C)(C)C)cc4)n3)ccc21. The summed E-state index contributed by atoms with van der Waals surface area (Å²) in [5.74, 6) is 0.834. The normalized spacial score (nSPS) is 12.1. The first-order valence-corrected chi connectivity index (χ1v) is 9.89. The van der Waals surface area contributed by atoms with Crippen LogP contribution in [0, 0.1) is 0 Å². The number of aromatic nitrogens is 4. The fourth-order valence-corrected chi connectivity index (χ4v) is 3.46. The molecule has 2 aromatic carbocycles. The molecule has 7 heteroatoms. The first-order valence-electron chi connectivity index (χ1n) is 9.89. The van der Waals surface area contributed by atoms with E-state index in [4.69, 9.17) is 4.52 Å². The molecular formula is C23H24N4O3. The molecule has 0 aliphatic carbocycles. The number of benzene rings is 2. The summed E-state index contributed by atoms with van der Waals surface area (Å²) in [6.07, 6.45) is 0. The van der Waals surface area contributed by atoms with Crippen molar-refractivity contribution in [2.45, 2.75) is 46.1 Å². The third-order valence-electron chi connectivity index (χ3n) is 5.12. The second-order valence-corrected chi connectivity index (χ2v) is 8.71. The van der Waals surface area contributed by atoms with Crippen LogP contribution in [-0.2, 0) is 5.41 Å². The highest BCUT2D eigenvalue weighted by Crippen LogP contribution is 2.27. The molecule has 0 saturated heterocycles. The predicted octanol–water partition coefficient (Wildman–Crippen LogP) is 4.29. The van der Waals surface area contributed by atoms with E-state index in [2.05, 4.69) is 48.0 Å². The molecule has 4 rings (SSSR count). The minimum Gasteiger partial charge on any atom is -0.334 e. The van der Waals surface area contributed by atoms with Gasteiger partial charge >= 0.3 is 11.1 Å². The molecule has 0 aliphatic heterocycles. The number of fused-ring (bicyclic) bond motifs is 1. The number of hydrogen-bond donors (Lipinski definition) is 1. The Bertz CT molecular complexity index is 1340. The Morgan fingerprint density at radius 3 is 2.30 bits per heavy atom. The second kappa shape index (κ2) is 7.09. The van der Waals surface area contributed by atoms with E-state index >= 15 is 0 Å². The summed E-state index contributed by atoms with van der Waals surface area (Å²) in [6.45, 7) is 10.2. The molecule has 1 N–H and O–H groups in total. The van der Waals surface area contributed by atoms with Crippen LogP contribution in [0.4, 0.5) is 0 Å². The molecule has 0 amide bonds. The third kappa shape index (κ3) is 3.47. The lowest BCUT2D eigenvalue weighted by molar-refractivity contribution is 0.432. The summed E-state index contributed by atoms with van der Waals surface area (Å²) in [5, 5.41) is 4.09. The molecule has 0 aliphatic rings. The number of aromatic amines is 1. The number of H-pyrrole nitrogens is 1. The maximum absolute atomic E-state index is 12.2. The van der Waals surface area contributed by atoms with Gasteiger partial charge in [-0.15, -0.1) is 0 Å². The third-order valence-corrected chi connectivity index (χ3v) is 5.12. The van der Waals surface area contributed by atoms with Crippen LogP contribution in [0.3, 0.4) is 0 Å². The van der Waals surface area contributed by atoms with Gasteiger partial charge in [0.05, 0.1) is 11.0 Å². The van der Waals surface area contributed by atoms with Gasteiger partial charge in [0, 0.05) is 17.2 Å². The Morgan fingerprint density at radius 2 is 1.67 bits per heavy atom. The lowest BCUT2D eigenvalue weighted by Gasteiger charge is -2.18. The van der Waals surface area contributed by atoms with Crippen molar-refractivity contribution in [3.05, 3.63) is 68.7 Å². The molecule has 7 nitrogen and oxygen atoms in total. The van der Waals surface area contributed by atoms with Gasteiger partial charge in [-0.1, -0.05) is 38.1 Å². The molecule has 2 aromatic heterocycles. The van der Waals surface area contributed by atoms with Crippen LogP contribution in [0.25, 0.3) is 33.9 Å². The zero-order chi connectivity index (χ0) is 21.6. The summed E-state index contributed by atoms with van der Waals surface area (Å²) < 4.78 is 6.94. The number of nitrogens with one attached hydrogen (secondary N) is 1. The van der Waals surface area contributed by atoms with Crippen molar-refractivity contribution in [2.24, 2.45) is 0 Å². The topological polar surface area (TPSA) is 93.8 Å². The Balaban J connectivity index is 1.74. The Hall–Kier alpha value is -3.48. The van der Waals surface area contributed by atoms with Crippen LogP contribution < -0.4 is 11.1 Å². The zero-order valence-electron chi connectivity index (χ0n) is 17.7.